The number of aryl methyl sites for hydroxylation is 1. The molecule has 0 unspecified atom stereocenters. The lowest BCUT2D eigenvalue weighted by molar-refractivity contribution is 0.480. The minimum absolute atomic E-state index is 0.0115. The standard InChI is InChI=1S/C18H18N2O3S/c1-2-4-13-7-10-15(11-8-13)24(22,23)20-17-12-9-14-5-3-6-16(21)18(14)19-17/h3,5-12,21H,2,4H2,1H3,(H,19,20). The zero-order valence-electron chi connectivity index (χ0n) is 13.2. The predicted octanol–water partition coefficient (Wildman–Crippen LogP) is 3.69. The second-order valence-electron chi connectivity index (χ2n) is 5.54. The van der Waals surface area contributed by atoms with Crippen LogP contribution in [0, 0.1) is 0 Å². The lowest BCUT2D eigenvalue weighted by Gasteiger charge is -2.09. The molecule has 1 aromatic heterocycles. The van der Waals surface area contributed by atoms with E-state index in [0.717, 1.165) is 23.8 Å². The van der Waals surface area contributed by atoms with Crippen LogP contribution >= 0.6 is 0 Å². The smallest absolute Gasteiger partial charge is 0.263 e. The largest absolute Gasteiger partial charge is 0.506 e. The summed E-state index contributed by atoms with van der Waals surface area (Å²) in [4.78, 5) is 4.37. The molecule has 0 saturated heterocycles. The molecule has 0 spiro atoms. The number of phenolic OH excluding ortho intramolecular Hbond substituents is 1. The Kier molecular flexibility index (Phi) is 4.40. The number of hydrogen-bond acceptors (Lipinski definition) is 4. The van der Waals surface area contributed by atoms with Crippen LogP contribution in [0.4, 0.5) is 5.82 Å². The van der Waals surface area contributed by atoms with Gasteiger partial charge in [-0.15, -0.1) is 0 Å². The third kappa shape index (κ3) is 3.33. The van der Waals surface area contributed by atoms with Crippen molar-refractivity contribution < 1.29 is 13.5 Å². The van der Waals surface area contributed by atoms with Gasteiger partial charge in [0.2, 0.25) is 0 Å². The first kappa shape index (κ1) is 16.3. The van der Waals surface area contributed by atoms with Gasteiger partial charge in [-0.2, -0.15) is 0 Å². The Morgan fingerprint density at radius 3 is 2.50 bits per heavy atom. The normalized spacial score (nSPS) is 11.5. The summed E-state index contributed by atoms with van der Waals surface area (Å²) in [5, 5.41) is 10.6. The number of aromatic hydroxyl groups is 1. The Morgan fingerprint density at radius 1 is 1.04 bits per heavy atom. The van der Waals surface area contributed by atoms with Crippen molar-refractivity contribution in [2.24, 2.45) is 0 Å². The zero-order chi connectivity index (χ0) is 17.2. The van der Waals surface area contributed by atoms with Crippen molar-refractivity contribution in [3.05, 3.63) is 60.2 Å². The van der Waals surface area contributed by atoms with Crippen molar-refractivity contribution in [1.82, 2.24) is 4.98 Å². The Bertz CT molecular complexity index is 967. The molecular formula is C18H18N2O3S. The number of benzene rings is 2. The van der Waals surface area contributed by atoms with E-state index >= 15 is 0 Å². The maximum Gasteiger partial charge on any atom is 0.263 e. The molecule has 5 nitrogen and oxygen atoms in total. The van der Waals surface area contributed by atoms with Crippen molar-refractivity contribution in [2.75, 3.05) is 4.72 Å². The molecule has 124 valence electrons. The Morgan fingerprint density at radius 2 is 1.79 bits per heavy atom. The van der Waals surface area contributed by atoms with E-state index < -0.39 is 10.0 Å². The summed E-state index contributed by atoms with van der Waals surface area (Å²) in [5.41, 5.74) is 1.46. The van der Waals surface area contributed by atoms with Crippen molar-refractivity contribution in [3.63, 3.8) is 0 Å². The number of pyridine rings is 1. The van der Waals surface area contributed by atoms with E-state index in [4.69, 9.17) is 0 Å². The monoisotopic (exact) mass is 342 g/mol. The Labute approximate surface area is 141 Å². The number of para-hydroxylation sites is 1. The van der Waals surface area contributed by atoms with Crippen LogP contribution in [0.1, 0.15) is 18.9 Å². The van der Waals surface area contributed by atoms with Gasteiger partial charge in [-0.25, -0.2) is 13.4 Å². The second kappa shape index (κ2) is 6.49. The molecule has 0 atom stereocenters. The summed E-state index contributed by atoms with van der Waals surface area (Å²) >= 11 is 0. The second-order valence-corrected chi connectivity index (χ2v) is 7.23. The number of phenols is 1. The number of fused-ring (bicyclic) bond motifs is 1. The molecule has 0 fully saturated rings. The fourth-order valence-corrected chi connectivity index (χ4v) is 3.51. The average Bonchev–Trinajstić information content (AvgIpc) is 2.56. The van der Waals surface area contributed by atoms with Gasteiger partial charge in [-0.3, -0.25) is 4.72 Å². The van der Waals surface area contributed by atoms with E-state index in [1.54, 1.807) is 36.4 Å². The van der Waals surface area contributed by atoms with E-state index in [1.165, 1.54) is 6.07 Å². The van der Waals surface area contributed by atoms with E-state index in [0.29, 0.717) is 5.52 Å². The number of aromatic nitrogens is 1. The van der Waals surface area contributed by atoms with Gasteiger partial charge in [0.15, 0.2) is 0 Å². The molecular weight excluding hydrogens is 324 g/mol. The summed E-state index contributed by atoms with van der Waals surface area (Å²) in [6, 6.07) is 15.1. The molecule has 3 rings (SSSR count). The number of sulfonamides is 1. The van der Waals surface area contributed by atoms with E-state index in [2.05, 4.69) is 16.6 Å². The summed E-state index contributed by atoms with van der Waals surface area (Å²) in [7, 11) is -3.72. The van der Waals surface area contributed by atoms with Crippen LogP contribution < -0.4 is 4.72 Å². The molecule has 1 heterocycles. The molecule has 0 aliphatic rings. The Balaban J connectivity index is 1.90. The fourth-order valence-electron chi connectivity index (χ4n) is 2.51. The van der Waals surface area contributed by atoms with Crippen LogP contribution in [-0.2, 0) is 16.4 Å². The summed E-state index contributed by atoms with van der Waals surface area (Å²) in [6.07, 6.45) is 1.92. The number of anilines is 1. The van der Waals surface area contributed by atoms with E-state index in [9.17, 15) is 13.5 Å². The topological polar surface area (TPSA) is 79.3 Å². The first-order valence-corrected chi connectivity index (χ1v) is 9.18. The lowest BCUT2D eigenvalue weighted by atomic mass is 10.1. The highest BCUT2D eigenvalue weighted by Crippen LogP contribution is 2.25. The maximum atomic E-state index is 12.5. The van der Waals surface area contributed by atoms with Crippen LogP contribution in [0.2, 0.25) is 0 Å². The molecule has 0 aliphatic carbocycles. The SMILES string of the molecule is CCCc1ccc(S(=O)(=O)Nc2ccc3cccc(O)c3n2)cc1. The minimum Gasteiger partial charge on any atom is -0.506 e. The van der Waals surface area contributed by atoms with Crippen molar-refractivity contribution in [1.29, 1.82) is 0 Å². The molecule has 0 aliphatic heterocycles. The predicted molar refractivity (Wildman–Crippen MR) is 94.7 cm³/mol. The van der Waals surface area contributed by atoms with Crippen molar-refractivity contribution in [3.8, 4) is 5.75 Å². The average molecular weight is 342 g/mol. The van der Waals surface area contributed by atoms with Crippen LogP contribution in [0.15, 0.2) is 59.5 Å². The molecule has 0 saturated carbocycles. The van der Waals surface area contributed by atoms with Crippen LogP contribution in [0.25, 0.3) is 10.9 Å². The summed E-state index contributed by atoms with van der Waals surface area (Å²) in [5.74, 6) is 0.180. The van der Waals surface area contributed by atoms with Crippen molar-refractivity contribution in [2.45, 2.75) is 24.7 Å². The van der Waals surface area contributed by atoms with Gasteiger partial charge in [0.1, 0.15) is 17.1 Å². The number of rotatable bonds is 5. The first-order chi connectivity index (χ1) is 11.5. The Hall–Kier alpha value is -2.60. The van der Waals surface area contributed by atoms with Gasteiger partial charge in [0.25, 0.3) is 10.0 Å². The maximum absolute atomic E-state index is 12.5. The highest BCUT2D eigenvalue weighted by molar-refractivity contribution is 7.92. The molecule has 24 heavy (non-hydrogen) atoms. The van der Waals surface area contributed by atoms with Gasteiger partial charge in [0.05, 0.1) is 4.90 Å². The molecule has 2 aromatic carbocycles. The molecule has 3 aromatic rings. The zero-order valence-corrected chi connectivity index (χ0v) is 14.0. The van der Waals surface area contributed by atoms with E-state index in [1.807, 2.05) is 12.1 Å². The third-order valence-electron chi connectivity index (χ3n) is 3.71. The number of nitrogens with zero attached hydrogens (tertiary/aromatic N) is 1. The fraction of sp³-hybridized carbons (Fsp3) is 0.167. The third-order valence-corrected chi connectivity index (χ3v) is 5.08. The minimum atomic E-state index is -3.72. The molecule has 2 N–H and O–H groups in total. The summed E-state index contributed by atoms with van der Waals surface area (Å²) < 4.78 is 27.4. The highest BCUT2D eigenvalue weighted by Gasteiger charge is 2.15. The lowest BCUT2D eigenvalue weighted by Crippen LogP contribution is -2.14. The van der Waals surface area contributed by atoms with Gasteiger partial charge in [-0.1, -0.05) is 37.6 Å². The van der Waals surface area contributed by atoms with E-state index in [-0.39, 0.29) is 16.5 Å². The number of nitrogens with one attached hydrogen (secondary N) is 1. The van der Waals surface area contributed by atoms with Gasteiger partial charge in [-0.05, 0) is 42.3 Å². The molecule has 6 heteroatoms. The molecule has 0 bridgehead atoms. The van der Waals surface area contributed by atoms with Crippen LogP contribution in [0.3, 0.4) is 0 Å². The van der Waals surface area contributed by atoms with Crippen molar-refractivity contribution >= 4 is 26.7 Å². The first-order valence-electron chi connectivity index (χ1n) is 7.70. The number of hydrogen-bond donors (Lipinski definition) is 2. The highest BCUT2D eigenvalue weighted by atomic mass is 32.2. The van der Waals surface area contributed by atoms with Gasteiger partial charge >= 0.3 is 0 Å². The molecule has 0 amide bonds. The van der Waals surface area contributed by atoms with Crippen LogP contribution in [-0.4, -0.2) is 18.5 Å². The van der Waals surface area contributed by atoms with Gasteiger partial charge in [0, 0.05) is 5.39 Å². The van der Waals surface area contributed by atoms with Crippen LogP contribution in [0.5, 0.6) is 5.75 Å². The molecule has 0 radical (unpaired) electrons. The summed E-state index contributed by atoms with van der Waals surface area (Å²) in [6.45, 7) is 2.08. The van der Waals surface area contributed by atoms with Gasteiger partial charge < -0.3 is 5.11 Å². The quantitative estimate of drug-likeness (QED) is 0.741.